The molecule has 0 saturated heterocycles. The fourth-order valence-corrected chi connectivity index (χ4v) is 6.60. The van der Waals surface area contributed by atoms with E-state index < -0.39 is 5.97 Å². The SMILES string of the molecule is CNCC1(c2ccc(-c3sc4c(c3C(=O)O)CC(C)(C)CC4)cc2)CCCC1. The molecule has 4 heteroatoms. The second-order valence-electron chi connectivity index (χ2n) is 9.45. The van der Waals surface area contributed by atoms with Crippen molar-refractivity contribution in [1.29, 1.82) is 0 Å². The number of thiophene rings is 1. The van der Waals surface area contributed by atoms with Crippen molar-refractivity contribution in [3.05, 3.63) is 45.8 Å². The predicted molar refractivity (Wildman–Crippen MR) is 117 cm³/mol. The Morgan fingerprint density at radius 3 is 2.43 bits per heavy atom. The number of aromatic carboxylic acids is 1. The first kappa shape index (κ1) is 19.7. The number of nitrogens with one attached hydrogen (secondary N) is 1. The maximum absolute atomic E-state index is 12.1. The van der Waals surface area contributed by atoms with Crippen LogP contribution in [-0.4, -0.2) is 24.7 Å². The number of aryl methyl sites for hydroxylation is 1. The van der Waals surface area contributed by atoms with Crippen LogP contribution in [0.3, 0.4) is 0 Å². The number of carbonyl (C=O) groups is 1. The molecular formula is C24H31NO2S. The third-order valence-corrected chi connectivity index (χ3v) is 8.16. The molecule has 28 heavy (non-hydrogen) atoms. The zero-order valence-corrected chi connectivity index (χ0v) is 18.0. The van der Waals surface area contributed by atoms with Gasteiger partial charge in [-0.05, 0) is 61.3 Å². The van der Waals surface area contributed by atoms with Gasteiger partial charge in [-0.15, -0.1) is 11.3 Å². The van der Waals surface area contributed by atoms with E-state index in [2.05, 4.69) is 43.4 Å². The van der Waals surface area contributed by atoms with Gasteiger partial charge in [0.25, 0.3) is 0 Å². The van der Waals surface area contributed by atoms with Gasteiger partial charge in [0.15, 0.2) is 0 Å². The minimum Gasteiger partial charge on any atom is -0.478 e. The van der Waals surface area contributed by atoms with Gasteiger partial charge in [-0.1, -0.05) is 51.0 Å². The van der Waals surface area contributed by atoms with Gasteiger partial charge in [-0.25, -0.2) is 4.79 Å². The molecule has 0 aliphatic heterocycles. The van der Waals surface area contributed by atoms with Crippen LogP contribution in [-0.2, 0) is 18.3 Å². The van der Waals surface area contributed by atoms with Crippen LogP contribution in [0.4, 0.5) is 0 Å². The Morgan fingerprint density at radius 1 is 1.14 bits per heavy atom. The lowest BCUT2D eigenvalue weighted by atomic mass is 9.75. The van der Waals surface area contributed by atoms with Crippen LogP contribution in [0.2, 0.25) is 0 Å². The van der Waals surface area contributed by atoms with Crippen molar-refractivity contribution in [2.45, 2.75) is 64.2 Å². The van der Waals surface area contributed by atoms with Gasteiger partial charge < -0.3 is 10.4 Å². The molecule has 1 heterocycles. The number of benzene rings is 1. The first-order chi connectivity index (χ1) is 13.4. The number of carboxylic acids is 1. The summed E-state index contributed by atoms with van der Waals surface area (Å²) in [5, 5.41) is 13.4. The molecule has 1 aromatic heterocycles. The molecule has 2 aromatic rings. The zero-order chi connectivity index (χ0) is 19.9. The Morgan fingerprint density at radius 2 is 1.82 bits per heavy atom. The molecule has 150 valence electrons. The van der Waals surface area contributed by atoms with Crippen LogP contribution in [0.25, 0.3) is 10.4 Å². The number of hydrogen-bond acceptors (Lipinski definition) is 3. The Balaban J connectivity index is 1.72. The van der Waals surface area contributed by atoms with Crippen molar-refractivity contribution in [3.63, 3.8) is 0 Å². The minimum absolute atomic E-state index is 0.182. The molecule has 0 atom stereocenters. The summed E-state index contributed by atoms with van der Waals surface area (Å²) < 4.78 is 0. The molecule has 0 unspecified atom stereocenters. The summed E-state index contributed by atoms with van der Waals surface area (Å²) >= 11 is 1.70. The van der Waals surface area contributed by atoms with E-state index in [9.17, 15) is 9.90 Å². The van der Waals surface area contributed by atoms with E-state index in [1.807, 2.05) is 7.05 Å². The van der Waals surface area contributed by atoms with E-state index in [1.165, 1.54) is 36.1 Å². The Bertz CT molecular complexity index is 873. The molecule has 2 aliphatic carbocycles. The summed E-state index contributed by atoms with van der Waals surface area (Å²) in [5.41, 5.74) is 4.49. The highest BCUT2D eigenvalue weighted by Crippen LogP contribution is 2.46. The summed E-state index contributed by atoms with van der Waals surface area (Å²) in [6, 6.07) is 8.79. The molecule has 1 saturated carbocycles. The van der Waals surface area contributed by atoms with Crippen molar-refractivity contribution in [3.8, 4) is 10.4 Å². The fourth-order valence-electron chi connectivity index (χ4n) is 5.28. The first-order valence-corrected chi connectivity index (χ1v) is 11.3. The molecule has 0 radical (unpaired) electrons. The molecule has 1 aromatic carbocycles. The molecule has 0 spiro atoms. The Labute approximate surface area is 172 Å². The average molecular weight is 398 g/mol. The van der Waals surface area contributed by atoms with Crippen LogP contribution in [0.5, 0.6) is 0 Å². The highest BCUT2D eigenvalue weighted by molar-refractivity contribution is 7.16. The Kier molecular flexibility index (Phi) is 5.13. The van der Waals surface area contributed by atoms with Crippen LogP contribution in [0, 0.1) is 5.41 Å². The number of hydrogen-bond donors (Lipinski definition) is 2. The molecule has 2 N–H and O–H groups in total. The summed E-state index contributed by atoms with van der Waals surface area (Å²) in [5.74, 6) is -0.781. The van der Waals surface area contributed by atoms with Gasteiger partial charge in [-0.2, -0.15) is 0 Å². The second-order valence-corrected chi connectivity index (χ2v) is 10.6. The monoisotopic (exact) mass is 397 g/mol. The third-order valence-electron chi connectivity index (χ3n) is 6.82. The zero-order valence-electron chi connectivity index (χ0n) is 17.2. The van der Waals surface area contributed by atoms with E-state index in [0.29, 0.717) is 5.56 Å². The fraction of sp³-hybridized carbons (Fsp3) is 0.542. The lowest BCUT2D eigenvalue weighted by molar-refractivity contribution is 0.0696. The van der Waals surface area contributed by atoms with E-state index in [4.69, 9.17) is 0 Å². The smallest absolute Gasteiger partial charge is 0.337 e. The predicted octanol–water partition coefficient (Wildman–Crippen LogP) is 5.66. The van der Waals surface area contributed by atoms with E-state index in [0.717, 1.165) is 41.8 Å². The van der Waals surface area contributed by atoms with Crippen LogP contribution in [0.1, 0.15) is 72.3 Å². The molecule has 2 aliphatic rings. The highest BCUT2D eigenvalue weighted by Gasteiger charge is 2.36. The molecule has 1 fully saturated rings. The van der Waals surface area contributed by atoms with Gasteiger partial charge in [0.05, 0.1) is 5.56 Å². The number of likely N-dealkylation sites (N-methyl/N-ethyl adjacent to an activating group) is 1. The van der Waals surface area contributed by atoms with E-state index >= 15 is 0 Å². The van der Waals surface area contributed by atoms with Crippen molar-refractivity contribution in [2.75, 3.05) is 13.6 Å². The molecule has 0 amide bonds. The largest absolute Gasteiger partial charge is 0.478 e. The highest BCUT2D eigenvalue weighted by atomic mass is 32.1. The molecular weight excluding hydrogens is 366 g/mol. The van der Waals surface area contributed by atoms with Crippen molar-refractivity contribution < 1.29 is 9.90 Å². The minimum atomic E-state index is -0.781. The van der Waals surface area contributed by atoms with Gasteiger partial charge in [0.2, 0.25) is 0 Å². The summed E-state index contributed by atoms with van der Waals surface area (Å²) in [6.07, 6.45) is 8.04. The van der Waals surface area contributed by atoms with Crippen LogP contribution < -0.4 is 5.32 Å². The maximum atomic E-state index is 12.1. The number of fused-ring (bicyclic) bond motifs is 1. The van der Waals surface area contributed by atoms with Gasteiger partial charge >= 0.3 is 5.97 Å². The lowest BCUT2D eigenvalue weighted by Gasteiger charge is -2.29. The topological polar surface area (TPSA) is 49.3 Å². The first-order valence-electron chi connectivity index (χ1n) is 10.5. The Hall–Kier alpha value is -1.65. The summed E-state index contributed by atoms with van der Waals surface area (Å²) in [6.45, 7) is 5.50. The van der Waals surface area contributed by atoms with Crippen molar-refractivity contribution in [2.24, 2.45) is 5.41 Å². The van der Waals surface area contributed by atoms with E-state index in [-0.39, 0.29) is 10.8 Å². The number of carboxylic acid groups (broad SMARTS) is 1. The van der Waals surface area contributed by atoms with E-state index in [1.54, 1.807) is 11.3 Å². The number of rotatable bonds is 5. The van der Waals surface area contributed by atoms with Crippen LogP contribution in [0.15, 0.2) is 24.3 Å². The molecule has 0 bridgehead atoms. The van der Waals surface area contributed by atoms with Gasteiger partial charge in [-0.3, -0.25) is 0 Å². The average Bonchev–Trinajstić information content (AvgIpc) is 3.26. The second kappa shape index (κ2) is 7.31. The van der Waals surface area contributed by atoms with Crippen LogP contribution >= 0.6 is 11.3 Å². The van der Waals surface area contributed by atoms with Crippen molar-refractivity contribution in [1.82, 2.24) is 5.32 Å². The quantitative estimate of drug-likeness (QED) is 0.684. The molecule has 3 nitrogen and oxygen atoms in total. The lowest BCUT2D eigenvalue weighted by Crippen LogP contribution is -2.34. The molecule has 4 rings (SSSR count). The van der Waals surface area contributed by atoms with Crippen molar-refractivity contribution >= 4 is 17.3 Å². The standard InChI is InChI=1S/C24H31NO2S/c1-23(2)13-10-19-18(14-23)20(22(26)27)21(28-19)16-6-8-17(9-7-16)24(15-25-3)11-4-5-12-24/h6-9,25H,4-5,10-15H2,1-3H3,(H,26,27). The van der Waals surface area contributed by atoms with Gasteiger partial charge in [0, 0.05) is 21.7 Å². The maximum Gasteiger partial charge on any atom is 0.337 e. The van der Waals surface area contributed by atoms with Gasteiger partial charge in [0.1, 0.15) is 0 Å². The normalized spacial score (nSPS) is 20.1. The summed E-state index contributed by atoms with van der Waals surface area (Å²) in [7, 11) is 2.03. The summed E-state index contributed by atoms with van der Waals surface area (Å²) in [4.78, 5) is 14.4. The third kappa shape index (κ3) is 3.42.